The molecule has 1 atom stereocenters. The molecule has 3 rings (SSSR count). The zero-order valence-corrected chi connectivity index (χ0v) is 19.4. The molecule has 0 saturated heterocycles. The van der Waals surface area contributed by atoms with E-state index >= 15 is 0 Å². The molecule has 0 saturated carbocycles. The zero-order chi connectivity index (χ0) is 22.9. The molecule has 2 aromatic rings. The maximum Gasteiger partial charge on any atom is 0.267 e. The predicted molar refractivity (Wildman–Crippen MR) is 124 cm³/mol. The van der Waals surface area contributed by atoms with Crippen LogP contribution < -0.4 is 10.5 Å². The third-order valence-corrected chi connectivity index (χ3v) is 6.34. The average Bonchev–Trinajstić information content (AvgIpc) is 3.22. The molecule has 9 heteroatoms. The Kier molecular flexibility index (Phi) is 6.64. The van der Waals surface area contributed by atoms with Crippen LogP contribution in [0.2, 0.25) is 0 Å². The lowest BCUT2D eigenvalue weighted by molar-refractivity contribution is -0.132. The van der Waals surface area contributed by atoms with Crippen molar-refractivity contribution in [3.8, 4) is 5.88 Å². The highest BCUT2D eigenvalue weighted by molar-refractivity contribution is 7.71. The van der Waals surface area contributed by atoms with Crippen LogP contribution in [0.5, 0.6) is 5.88 Å². The Balaban J connectivity index is 2.04. The van der Waals surface area contributed by atoms with Crippen molar-refractivity contribution < 1.29 is 9.90 Å². The highest BCUT2D eigenvalue weighted by Crippen LogP contribution is 2.35. The third-order valence-electron chi connectivity index (χ3n) is 5.80. The number of nitrogens with zero attached hydrogens (tertiary/aromatic N) is 5. The van der Waals surface area contributed by atoms with E-state index in [1.165, 1.54) is 14.1 Å². The highest BCUT2D eigenvalue weighted by Gasteiger charge is 2.35. The standard InChI is InChI=1S/C22H29N5O3S/c1-6-18(28)27-17(14-9-11-15(12-10-14)26(7-2)8-3)13-16(23-27)19-20(29)24(4)22(31)25(5)21(19)30/h9-12,17,29H,6-8,13H2,1-5H3/t17-/m0/s1. The normalized spacial score (nSPS) is 15.8. The van der Waals surface area contributed by atoms with E-state index in [4.69, 9.17) is 12.2 Å². The van der Waals surface area contributed by atoms with E-state index in [1.54, 1.807) is 21.0 Å². The molecule has 1 N–H and O–H groups in total. The summed E-state index contributed by atoms with van der Waals surface area (Å²) in [7, 11) is 3.15. The van der Waals surface area contributed by atoms with E-state index in [2.05, 4.69) is 23.8 Å². The van der Waals surface area contributed by atoms with Gasteiger partial charge in [0, 0.05) is 45.7 Å². The summed E-state index contributed by atoms with van der Waals surface area (Å²) in [5.74, 6) is -0.387. The summed E-state index contributed by atoms with van der Waals surface area (Å²) in [5, 5.41) is 16.5. The van der Waals surface area contributed by atoms with E-state index in [0.29, 0.717) is 12.1 Å². The number of hydrogen-bond donors (Lipinski definition) is 1. The van der Waals surface area contributed by atoms with Crippen molar-refractivity contribution in [2.75, 3.05) is 18.0 Å². The van der Waals surface area contributed by atoms with Crippen LogP contribution in [0.3, 0.4) is 0 Å². The highest BCUT2D eigenvalue weighted by atomic mass is 32.1. The van der Waals surface area contributed by atoms with Gasteiger partial charge in [0.25, 0.3) is 5.56 Å². The second-order valence-electron chi connectivity index (χ2n) is 7.53. The molecule has 1 aromatic carbocycles. The number of rotatable bonds is 6. The molecule has 0 radical (unpaired) electrons. The van der Waals surface area contributed by atoms with Gasteiger partial charge in [-0.2, -0.15) is 5.10 Å². The van der Waals surface area contributed by atoms with Crippen molar-refractivity contribution in [1.82, 2.24) is 14.1 Å². The summed E-state index contributed by atoms with van der Waals surface area (Å²) < 4.78 is 2.87. The van der Waals surface area contributed by atoms with Crippen molar-refractivity contribution in [3.63, 3.8) is 0 Å². The minimum Gasteiger partial charge on any atom is -0.494 e. The topological polar surface area (TPSA) is 83.1 Å². The summed E-state index contributed by atoms with van der Waals surface area (Å²) in [6.07, 6.45) is 0.615. The van der Waals surface area contributed by atoms with Gasteiger partial charge in [-0.3, -0.25) is 18.7 Å². The van der Waals surface area contributed by atoms with Gasteiger partial charge in [0.1, 0.15) is 5.56 Å². The number of aromatic hydroxyl groups is 1. The number of aromatic nitrogens is 2. The molecule has 0 aliphatic carbocycles. The fourth-order valence-corrected chi connectivity index (χ4v) is 4.06. The molecule has 31 heavy (non-hydrogen) atoms. The number of benzene rings is 1. The van der Waals surface area contributed by atoms with Gasteiger partial charge < -0.3 is 10.0 Å². The number of amides is 1. The molecule has 0 bridgehead atoms. The van der Waals surface area contributed by atoms with E-state index in [1.807, 2.05) is 24.3 Å². The van der Waals surface area contributed by atoms with Gasteiger partial charge in [0.2, 0.25) is 11.8 Å². The molecule has 1 aromatic heterocycles. The van der Waals surface area contributed by atoms with E-state index in [-0.39, 0.29) is 34.6 Å². The third kappa shape index (κ3) is 4.01. The summed E-state index contributed by atoms with van der Waals surface area (Å²) in [6, 6.07) is 7.73. The molecular formula is C22H29N5O3S. The van der Waals surface area contributed by atoms with E-state index < -0.39 is 5.56 Å². The van der Waals surface area contributed by atoms with Crippen molar-refractivity contribution in [1.29, 1.82) is 0 Å². The van der Waals surface area contributed by atoms with Gasteiger partial charge in [-0.25, -0.2) is 5.01 Å². The number of carbonyl (C=O) groups is 1. The molecular weight excluding hydrogens is 414 g/mol. The van der Waals surface area contributed by atoms with Crippen molar-refractivity contribution in [3.05, 3.63) is 50.5 Å². The average molecular weight is 444 g/mol. The monoisotopic (exact) mass is 443 g/mol. The minimum atomic E-state index is -0.430. The Morgan fingerprint density at radius 1 is 1.16 bits per heavy atom. The second kappa shape index (κ2) is 9.05. The molecule has 0 spiro atoms. The number of hydrogen-bond acceptors (Lipinski definition) is 6. The fraction of sp³-hybridized carbons (Fsp3) is 0.455. The van der Waals surface area contributed by atoms with Crippen LogP contribution in [0.25, 0.3) is 0 Å². The largest absolute Gasteiger partial charge is 0.494 e. The van der Waals surface area contributed by atoms with Gasteiger partial charge in [-0.05, 0) is 43.8 Å². The van der Waals surface area contributed by atoms with Crippen molar-refractivity contribution in [2.45, 2.75) is 39.7 Å². The fourth-order valence-electron chi connectivity index (χ4n) is 3.89. The smallest absolute Gasteiger partial charge is 0.267 e. The number of hydrazone groups is 1. The van der Waals surface area contributed by atoms with Crippen LogP contribution in [0.4, 0.5) is 5.69 Å². The lowest BCUT2D eigenvalue weighted by Crippen LogP contribution is -2.28. The first-order valence-corrected chi connectivity index (χ1v) is 10.9. The first kappa shape index (κ1) is 22.7. The molecule has 1 amide bonds. The molecule has 8 nitrogen and oxygen atoms in total. The quantitative estimate of drug-likeness (QED) is 0.694. The lowest BCUT2D eigenvalue weighted by Gasteiger charge is -2.24. The van der Waals surface area contributed by atoms with Crippen LogP contribution >= 0.6 is 12.2 Å². The van der Waals surface area contributed by atoms with Gasteiger partial charge in [-0.1, -0.05) is 19.1 Å². The lowest BCUT2D eigenvalue weighted by atomic mass is 9.98. The Morgan fingerprint density at radius 3 is 2.32 bits per heavy atom. The summed E-state index contributed by atoms with van der Waals surface area (Å²) in [4.78, 5) is 27.7. The summed E-state index contributed by atoms with van der Waals surface area (Å²) >= 11 is 5.20. The Labute approximate surface area is 187 Å². The van der Waals surface area contributed by atoms with Gasteiger partial charge in [0.05, 0.1) is 11.8 Å². The molecule has 166 valence electrons. The number of carbonyl (C=O) groups excluding carboxylic acids is 1. The summed E-state index contributed by atoms with van der Waals surface area (Å²) in [5.41, 5.74) is 2.07. The molecule has 0 unspecified atom stereocenters. The van der Waals surface area contributed by atoms with Crippen LogP contribution in [-0.4, -0.2) is 44.0 Å². The molecule has 2 heterocycles. The van der Waals surface area contributed by atoms with Crippen LogP contribution in [0.15, 0.2) is 34.2 Å². The van der Waals surface area contributed by atoms with Crippen molar-refractivity contribution >= 4 is 29.5 Å². The maximum atomic E-state index is 12.9. The Morgan fingerprint density at radius 2 is 1.77 bits per heavy atom. The maximum absolute atomic E-state index is 12.9. The molecule has 1 aliphatic heterocycles. The van der Waals surface area contributed by atoms with E-state index in [0.717, 1.165) is 24.3 Å². The van der Waals surface area contributed by atoms with Crippen LogP contribution in [0.1, 0.15) is 50.8 Å². The van der Waals surface area contributed by atoms with Crippen molar-refractivity contribution in [2.24, 2.45) is 19.2 Å². The molecule has 1 aliphatic rings. The van der Waals surface area contributed by atoms with Crippen LogP contribution in [-0.2, 0) is 18.9 Å². The first-order chi connectivity index (χ1) is 14.7. The van der Waals surface area contributed by atoms with Gasteiger partial charge in [-0.15, -0.1) is 0 Å². The Bertz CT molecular complexity index is 1130. The van der Waals surface area contributed by atoms with Gasteiger partial charge in [0.15, 0.2) is 4.77 Å². The van der Waals surface area contributed by atoms with E-state index in [9.17, 15) is 14.7 Å². The predicted octanol–water partition coefficient (Wildman–Crippen LogP) is 3.09. The second-order valence-corrected chi connectivity index (χ2v) is 7.89. The van der Waals surface area contributed by atoms with Crippen LogP contribution in [0, 0.1) is 4.77 Å². The Hall–Kier alpha value is -2.94. The minimum absolute atomic E-state index is 0.0785. The molecule has 0 fully saturated rings. The number of anilines is 1. The summed E-state index contributed by atoms with van der Waals surface area (Å²) in [6.45, 7) is 7.81. The van der Waals surface area contributed by atoms with Gasteiger partial charge >= 0.3 is 0 Å². The SMILES string of the molecule is CCC(=O)N1N=C(c2c(O)n(C)c(=S)n(C)c2=O)C[C@H]1c1ccc(N(CC)CC)cc1. The first-order valence-electron chi connectivity index (χ1n) is 10.5. The zero-order valence-electron chi connectivity index (χ0n) is 18.6.